The van der Waals surface area contributed by atoms with Gasteiger partial charge in [0, 0.05) is 18.8 Å². The first-order valence-electron chi connectivity index (χ1n) is 11.8. The molecule has 5 rings (SSSR count). The van der Waals surface area contributed by atoms with E-state index in [1.54, 1.807) is 7.11 Å². The fraction of sp³-hybridized carbons (Fsp3) is 0.345. The summed E-state index contributed by atoms with van der Waals surface area (Å²) < 4.78 is 13.9. The van der Waals surface area contributed by atoms with Crippen molar-refractivity contribution in [1.29, 1.82) is 0 Å². The minimum absolute atomic E-state index is 0.334. The maximum absolute atomic E-state index is 6.04. The summed E-state index contributed by atoms with van der Waals surface area (Å²) >= 11 is 0. The highest BCUT2D eigenvalue weighted by Gasteiger charge is 2.32. The van der Waals surface area contributed by atoms with E-state index in [4.69, 9.17) is 9.47 Å². The summed E-state index contributed by atoms with van der Waals surface area (Å²) in [5, 5.41) is 0. The van der Waals surface area contributed by atoms with Gasteiger partial charge in [-0.25, -0.2) is 4.58 Å². The number of nitrogens with zero attached hydrogens (tertiary/aromatic N) is 1. The predicted molar refractivity (Wildman–Crippen MR) is 130 cm³/mol. The highest BCUT2D eigenvalue weighted by Crippen LogP contribution is 2.47. The Morgan fingerprint density at radius 2 is 1.72 bits per heavy atom. The number of rotatable bonds is 7. The van der Waals surface area contributed by atoms with Crippen molar-refractivity contribution in [1.82, 2.24) is 0 Å². The van der Waals surface area contributed by atoms with Gasteiger partial charge in [0.1, 0.15) is 30.9 Å². The Balaban J connectivity index is 1.40. The van der Waals surface area contributed by atoms with Gasteiger partial charge in [-0.05, 0) is 65.3 Å². The summed E-state index contributed by atoms with van der Waals surface area (Å²) in [5.41, 5.74) is 5.60. The minimum atomic E-state index is 0.334. The van der Waals surface area contributed by atoms with Crippen LogP contribution in [0, 0.1) is 0 Å². The Morgan fingerprint density at radius 3 is 2.47 bits per heavy atom. The van der Waals surface area contributed by atoms with E-state index in [1.165, 1.54) is 35.1 Å². The van der Waals surface area contributed by atoms with Crippen molar-refractivity contribution >= 4 is 6.21 Å². The van der Waals surface area contributed by atoms with Crippen LogP contribution in [0.3, 0.4) is 0 Å². The fourth-order valence-corrected chi connectivity index (χ4v) is 5.31. The van der Waals surface area contributed by atoms with Crippen molar-refractivity contribution in [2.24, 2.45) is 0 Å². The summed E-state index contributed by atoms with van der Waals surface area (Å²) in [4.78, 5) is 0. The lowest BCUT2D eigenvalue weighted by Crippen LogP contribution is -2.20. The van der Waals surface area contributed by atoms with Crippen molar-refractivity contribution in [3.8, 4) is 11.5 Å². The van der Waals surface area contributed by atoms with E-state index >= 15 is 0 Å². The van der Waals surface area contributed by atoms with Crippen LogP contribution in [0.15, 0.2) is 72.8 Å². The standard InChI is InChI=1S/C29H32NO2/c1-31-26-14-16-28-24(21-26)11-15-27(22-7-3-2-4-8-22)29(28)23-9-12-25(13-10-23)32-20-19-30-17-5-6-18-30/h2-4,7-10,12-14,16-17,21,27,29H,5-6,11,15,18-20H2,1H3/q+1/t27-,29+/m1/s1. The maximum Gasteiger partial charge on any atom is 0.176 e. The molecule has 0 bridgehead atoms. The Hall–Kier alpha value is -3.07. The van der Waals surface area contributed by atoms with Crippen LogP contribution >= 0.6 is 0 Å². The molecular weight excluding hydrogens is 394 g/mol. The molecule has 0 radical (unpaired) electrons. The first kappa shape index (κ1) is 20.8. The molecule has 3 aromatic carbocycles. The number of methoxy groups -OCH3 is 1. The van der Waals surface area contributed by atoms with Crippen molar-refractivity contribution < 1.29 is 14.0 Å². The lowest BCUT2D eigenvalue weighted by Gasteiger charge is -2.35. The molecule has 0 N–H and O–H groups in total. The normalized spacial score (nSPS) is 19.8. The van der Waals surface area contributed by atoms with E-state index < -0.39 is 0 Å². The monoisotopic (exact) mass is 426 g/mol. The zero-order valence-electron chi connectivity index (χ0n) is 18.9. The smallest absolute Gasteiger partial charge is 0.176 e. The van der Waals surface area contributed by atoms with Crippen LogP contribution in [-0.4, -0.2) is 37.6 Å². The number of fused-ring (bicyclic) bond motifs is 1. The number of ether oxygens (including phenoxy) is 2. The van der Waals surface area contributed by atoms with Crippen LogP contribution in [0.4, 0.5) is 0 Å². The van der Waals surface area contributed by atoms with Crippen LogP contribution in [0.2, 0.25) is 0 Å². The lowest BCUT2D eigenvalue weighted by atomic mass is 9.69. The van der Waals surface area contributed by atoms with E-state index in [1.807, 2.05) is 0 Å². The van der Waals surface area contributed by atoms with E-state index in [0.29, 0.717) is 11.8 Å². The molecular formula is C29H32NO2+. The Bertz CT molecular complexity index is 1070. The second kappa shape index (κ2) is 9.60. The highest BCUT2D eigenvalue weighted by atomic mass is 16.5. The third kappa shape index (κ3) is 4.43. The molecule has 3 aromatic rings. The van der Waals surface area contributed by atoms with Crippen LogP contribution in [0.25, 0.3) is 0 Å². The number of hydrogen-bond donors (Lipinski definition) is 0. The van der Waals surface area contributed by atoms with Gasteiger partial charge in [0.05, 0.1) is 7.11 Å². The van der Waals surface area contributed by atoms with E-state index in [9.17, 15) is 0 Å². The summed E-state index contributed by atoms with van der Waals surface area (Å²) in [7, 11) is 1.75. The van der Waals surface area contributed by atoms with Crippen molar-refractivity contribution in [3.63, 3.8) is 0 Å². The molecule has 0 aromatic heterocycles. The van der Waals surface area contributed by atoms with Gasteiger partial charge in [0.2, 0.25) is 0 Å². The van der Waals surface area contributed by atoms with Gasteiger partial charge in [0.25, 0.3) is 0 Å². The molecule has 1 heterocycles. The second-order valence-corrected chi connectivity index (χ2v) is 8.88. The number of benzene rings is 3. The second-order valence-electron chi connectivity index (χ2n) is 8.88. The molecule has 2 aliphatic rings. The Morgan fingerprint density at radius 1 is 0.906 bits per heavy atom. The van der Waals surface area contributed by atoms with Crippen LogP contribution < -0.4 is 9.47 Å². The molecule has 1 aliphatic carbocycles. The third-order valence-corrected chi connectivity index (χ3v) is 6.96. The maximum atomic E-state index is 6.04. The summed E-state index contributed by atoms with van der Waals surface area (Å²) in [6.45, 7) is 2.86. The van der Waals surface area contributed by atoms with Gasteiger partial charge in [-0.1, -0.05) is 48.5 Å². The topological polar surface area (TPSA) is 21.5 Å². The van der Waals surface area contributed by atoms with E-state index in [0.717, 1.165) is 44.0 Å². The lowest BCUT2D eigenvalue weighted by molar-refractivity contribution is -0.517. The molecule has 2 atom stereocenters. The zero-order valence-corrected chi connectivity index (χ0v) is 18.9. The molecule has 1 aliphatic heterocycles. The molecule has 0 fully saturated rings. The quantitative estimate of drug-likeness (QED) is 0.445. The molecule has 0 saturated heterocycles. The molecule has 0 spiro atoms. The molecule has 32 heavy (non-hydrogen) atoms. The fourth-order valence-electron chi connectivity index (χ4n) is 5.31. The highest BCUT2D eigenvalue weighted by molar-refractivity contribution is 5.52. The first-order valence-corrected chi connectivity index (χ1v) is 11.8. The summed E-state index contributed by atoms with van der Waals surface area (Å²) in [6, 6.07) is 26.4. The van der Waals surface area contributed by atoms with E-state index in [2.05, 4.69) is 83.6 Å². The van der Waals surface area contributed by atoms with Gasteiger partial charge in [0.15, 0.2) is 6.54 Å². The summed E-state index contributed by atoms with van der Waals surface area (Å²) in [6.07, 6.45) is 6.99. The molecule has 0 saturated carbocycles. The average molecular weight is 427 g/mol. The van der Waals surface area contributed by atoms with Crippen molar-refractivity contribution in [3.05, 3.63) is 95.1 Å². The largest absolute Gasteiger partial charge is 0.497 e. The molecule has 3 heteroatoms. The molecule has 3 nitrogen and oxygen atoms in total. The summed E-state index contributed by atoms with van der Waals surface area (Å²) in [5.74, 6) is 2.70. The van der Waals surface area contributed by atoms with Gasteiger partial charge in [-0.15, -0.1) is 0 Å². The molecule has 164 valence electrons. The van der Waals surface area contributed by atoms with Gasteiger partial charge in [-0.3, -0.25) is 0 Å². The van der Waals surface area contributed by atoms with Gasteiger partial charge in [-0.2, -0.15) is 0 Å². The predicted octanol–water partition coefficient (Wildman–Crippen LogP) is 5.81. The number of aryl methyl sites for hydroxylation is 1. The van der Waals surface area contributed by atoms with Gasteiger partial charge >= 0.3 is 0 Å². The Kier molecular flexibility index (Phi) is 6.24. The van der Waals surface area contributed by atoms with Gasteiger partial charge < -0.3 is 9.47 Å². The van der Waals surface area contributed by atoms with Crippen LogP contribution in [0.5, 0.6) is 11.5 Å². The SMILES string of the molecule is COc1ccc2c(c1)CC[C@H](c1ccccc1)[C@@H]2c1ccc(OCC[N+]2=CCCC2)cc1. The first-order chi connectivity index (χ1) is 15.8. The van der Waals surface area contributed by atoms with Crippen LogP contribution in [-0.2, 0) is 6.42 Å². The minimum Gasteiger partial charge on any atom is -0.497 e. The molecule has 0 amide bonds. The average Bonchev–Trinajstić information content (AvgIpc) is 3.37. The third-order valence-electron chi connectivity index (χ3n) is 6.96. The zero-order chi connectivity index (χ0) is 21.8. The molecule has 0 unspecified atom stereocenters. The van der Waals surface area contributed by atoms with E-state index in [-0.39, 0.29) is 0 Å². The van der Waals surface area contributed by atoms with Crippen LogP contribution in [0.1, 0.15) is 53.4 Å². The van der Waals surface area contributed by atoms with Crippen molar-refractivity contribution in [2.45, 2.75) is 37.5 Å². The number of hydrogen-bond acceptors (Lipinski definition) is 2. The van der Waals surface area contributed by atoms with Crippen molar-refractivity contribution in [2.75, 3.05) is 26.8 Å². The Labute approximate surface area is 191 Å².